The van der Waals surface area contributed by atoms with Crippen molar-refractivity contribution in [2.24, 2.45) is 0 Å². The van der Waals surface area contributed by atoms with Crippen LogP contribution in [-0.4, -0.2) is 7.11 Å². The average molecular weight is 402 g/mol. The maximum atomic E-state index is 6.05. The Bertz CT molecular complexity index is 899. The standard InChI is InChI=1S/C22H21Cl2NO2/c1-26-22-8-3-2-6-18(22)14-25-13-16-5-4-7-19(11-16)27-15-17-9-10-20(23)21(24)12-17/h2-12,25H,13-15H2,1H3. The molecule has 0 saturated heterocycles. The molecule has 140 valence electrons. The maximum Gasteiger partial charge on any atom is 0.123 e. The van der Waals surface area contributed by atoms with Crippen LogP contribution in [0.5, 0.6) is 11.5 Å². The lowest BCUT2D eigenvalue weighted by atomic mass is 10.2. The van der Waals surface area contributed by atoms with Crippen molar-refractivity contribution in [2.75, 3.05) is 7.11 Å². The predicted molar refractivity (Wildman–Crippen MR) is 111 cm³/mol. The van der Waals surface area contributed by atoms with Crippen molar-refractivity contribution in [2.45, 2.75) is 19.7 Å². The molecular weight excluding hydrogens is 381 g/mol. The molecule has 0 saturated carbocycles. The monoisotopic (exact) mass is 401 g/mol. The third kappa shape index (κ3) is 5.64. The highest BCUT2D eigenvalue weighted by Gasteiger charge is 2.03. The molecule has 0 heterocycles. The fourth-order valence-corrected chi connectivity index (χ4v) is 3.05. The number of nitrogens with one attached hydrogen (secondary N) is 1. The van der Waals surface area contributed by atoms with Crippen LogP contribution in [-0.2, 0) is 19.7 Å². The third-order valence-electron chi connectivity index (χ3n) is 4.13. The molecule has 0 radical (unpaired) electrons. The van der Waals surface area contributed by atoms with Crippen LogP contribution in [0.2, 0.25) is 10.0 Å². The van der Waals surface area contributed by atoms with E-state index in [0.717, 1.165) is 41.3 Å². The lowest BCUT2D eigenvalue weighted by molar-refractivity contribution is 0.306. The molecule has 0 atom stereocenters. The number of rotatable bonds is 8. The molecule has 0 unspecified atom stereocenters. The first-order chi connectivity index (χ1) is 13.2. The van der Waals surface area contributed by atoms with E-state index >= 15 is 0 Å². The average Bonchev–Trinajstić information content (AvgIpc) is 2.69. The summed E-state index contributed by atoms with van der Waals surface area (Å²) in [7, 11) is 1.69. The summed E-state index contributed by atoms with van der Waals surface area (Å²) in [6.45, 7) is 1.91. The number of para-hydroxylation sites is 1. The van der Waals surface area contributed by atoms with E-state index in [2.05, 4.69) is 17.4 Å². The topological polar surface area (TPSA) is 30.5 Å². The Morgan fingerprint density at radius 1 is 0.815 bits per heavy atom. The molecule has 27 heavy (non-hydrogen) atoms. The molecule has 5 heteroatoms. The largest absolute Gasteiger partial charge is 0.496 e. The maximum absolute atomic E-state index is 6.05. The van der Waals surface area contributed by atoms with Gasteiger partial charge in [-0.1, -0.05) is 59.6 Å². The van der Waals surface area contributed by atoms with Gasteiger partial charge in [0.25, 0.3) is 0 Å². The summed E-state index contributed by atoms with van der Waals surface area (Å²) in [5, 5.41) is 4.52. The molecular formula is C22H21Cl2NO2. The highest BCUT2D eigenvalue weighted by atomic mass is 35.5. The van der Waals surface area contributed by atoms with Crippen molar-refractivity contribution < 1.29 is 9.47 Å². The zero-order valence-corrected chi connectivity index (χ0v) is 16.6. The Morgan fingerprint density at radius 2 is 1.67 bits per heavy atom. The van der Waals surface area contributed by atoms with Crippen molar-refractivity contribution in [3.63, 3.8) is 0 Å². The summed E-state index contributed by atoms with van der Waals surface area (Å²) >= 11 is 12.0. The van der Waals surface area contributed by atoms with Crippen molar-refractivity contribution in [1.82, 2.24) is 5.32 Å². The molecule has 3 nitrogen and oxygen atoms in total. The third-order valence-corrected chi connectivity index (χ3v) is 4.86. The van der Waals surface area contributed by atoms with E-state index in [1.54, 1.807) is 13.2 Å². The number of methoxy groups -OCH3 is 1. The second kappa shape index (κ2) is 9.65. The van der Waals surface area contributed by atoms with Crippen LogP contribution in [0.3, 0.4) is 0 Å². The predicted octanol–water partition coefficient (Wildman–Crippen LogP) is 5.87. The van der Waals surface area contributed by atoms with E-state index in [9.17, 15) is 0 Å². The van der Waals surface area contributed by atoms with Gasteiger partial charge in [-0.2, -0.15) is 0 Å². The van der Waals surface area contributed by atoms with Gasteiger partial charge in [-0.3, -0.25) is 0 Å². The highest BCUT2D eigenvalue weighted by Crippen LogP contribution is 2.24. The Balaban J connectivity index is 1.54. The number of hydrogen-bond donors (Lipinski definition) is 1. The second-order valence-corrected chi connectivity index (χ2v) is 6.91. The second-order valence-electron chi connectivity index (χ2n) is 6.10. The molecule has 0 aromatic heterocycles. The first-order valence-corrected chi connectivity index (χ1v) is 9.39. The van der Waals surface area contributed by atoms with E-state index in [-0.39, 0.29) is 0 Å². The minimum atomic E-state index is 0.439. The number of benzene rings is 3. The van der Waals surface area contributed by atoms with Gasteiger partial charge in [0, 0.05) is 18.7 Å². The highest BCUT2D eigenvalue weighted by molar-refractivity contribution is 6.42. The zero-order valence-electron chi connectivity index (χ0n) is 15.0. The minimum absolute atomic E-state index is 0.439. The molecule has 3 rings (SSSR count). The summed E-state index contributed by atoms with van der Waals surface area (Å²) in [6.07, 6.45) is 0. The van der Waals surface area contributed by atoms with Crippen molar-refractivity contribution in [3.8, 4) is 11.5 Å². The Kier molecular flexibility index (Phi) is 6.99. The van der Waals surface area contributed by atoms with Gasteiger partial charge in [-0.25, -0.2) is 0 Å². The molecule has 3 aromatic carbocycles. The van der Waals surface area contributed by atoms with Crippen LogP contribution in [0.4, 0.5) is 0 Å². The Labute approximate surface area is 169 Å². The van der Waals surface area contributed by atoms with Gasteiger partial charge in [-0.15, -0.1) is 0 Å². The lowest BCUT2D eigenvalue weighted by Crippen LogP contribution is -2.13. The fraction of sp³-hybridized carbons (Fsp3) is 0.182. The summed E-state index contributed by atoms with van der Waals surface area (Å²) in [6, 6.07) is 21.6. The number of halogens is 2. The van der Waals surface area contributed by atoms with Crippen LogP contribution in [0, 0.1) is 0 Å². The van der Waals surface area contributed by atoms with E-state index in [4.69, 9.17) is 32.7 Å². The van der Waals surface area contributed by atoms with Gasteiger partial charge in [0.1, 0.15) is 18.1 Å². The van der Waals surface area contributed by atoms with Gasteiger partial charge >= 0.3 is 0 Å². The number of hydrogen-bond acceptors (Lipinski definition) is 3. The van der Waals surface area contributed by atoms with E-state index in [1.165, 1.54) is 0 Å². The molecule has 0 aliphatic heterocycles. The van der Waals surface area contributed by atoms with E-state index in [0.29, 0.717) is 16.7 Å². The van der Waals surface area contributed by atoms with Crippen LogP contribution in [0.25, 0.3) is 0 Å². The first kappa shape index (κ1) is 19.6. The molecule has 0 aliphatic rings. The molecule has 0 fully saturated rings. The summed E-state index contributed by atoms with van der Waals surface area (Å²) < 4.78 is 11.3. The Morgan fingerprint density at radius 3 is 2.48 bits per heavy atom. The quantitative estimate of drug-likeness (QED) is 0.511. The molecule has 0 aliphatic carbocycles. The Hall–Kier alpha value is -2.20. The molecule has 1 N–H and O–H groups in total. The van der Waals surface area contributed by atoms with Crippen molar-refractivity contribution >= 4 is 23.2 Å². The molecule has 0 spiro atoms. The smallest absolute Gasteiger partial charge is 0.123 e. The van der Waals surface area contributed by atoms with Crippen LogP contribution in [0.1, 0.15) is 16.7 Å². The summed E-state index contributed by atoms with van der Waals surface area (Å²) in [5.74, 6) is 1.71. The van der Waals surface area contributed by atoms with Gasteiger partial charge in [0.05, 0.1) is 17.2 Å². The van der Waals surface area contributed by atoms with Gasteiger partial charge in [0.15, 0.2) is 0 Å². The summed E-state index contributed by atoms with van der Waals surface area (Å²) in [4.78, 5) is 0. The van der Waals surface area contributed by atoms with E-state index in [1.807, 2.05) is 48.5 Å². The molecule has 0 bridgehead atoms. The van der Waals surface area contributed by atoms with Crippen LogP contribution >= 0.6 is 23.2 Å². The minimum Gasteiger partial charge on any atom is -0.496 e. The van der Waals surface area contributed by atoms with Gasteiger partial charge in [-0.05, 0) is 41.5 Å². The van der Waals surface area contributed by atoms with Crippen molar-refractivity contribution in [3.05, 3.63) is 93.5 Å². The molecule has 3 aromatic rings. The lowest BCUT2D eigenvalue weighted by Gasteiger charge is -2.11. The number of ether oxygens (including phenoxy) is 2. The summed E-state index contributed by atoms with van der Waals surface area (Å²) in [5.41, 5.74) is 3.26. The SMILES string of the molecule is COc1ccccc1CNCc1cccc(OCc2ccc(Cl)c(Cl)c2)c1. The van der Waals surface area contributed by atoms with Gasteiger partial charge in [0.2, 0.25) is 0 Å². The zero-order chi connectivity index (χ0) is 19.1. The van der Waals surface area contributed by atoms with E-state index < -0.39 is 0 Å². The van der Waals surface area contributed by atoms with Crippen LogP contribution in [0.15, 0.2) is 66.7 Å². The van der Waals surface area contributed by atoms with Crippen molar-refractivity contribution in [1.29, 1.82) is 0 Å². The fourth-order valence-electron chi connectivity index (χ4n) is 2.73. The van der Waals surface area contributed by atoms with Gasteiger partial charge < -0.3 is 14.8 Å². The molecule has 0 amide bonds. The normalized spacial score (nSPS) is 10.6. The first-order valence-electron chi connectivity index (χ1n) is 8.64. The van der Waals surface area contributed by atoms with Crippen LogP contribution < -0.4 is 14.8 Å².